The number of carbonyl (C=O) groups is 3. The molecule has 1 aromatic rings. The smallest absolute Gasteiger partial charge is 0.410 e. The van der Waals surface area contributed by atoms with Crippen LogP contribution in [-0.2, 0) is 19.0 Å². The highest BCUT2D eigenvalue weighted by Gasteiger charge is 2.45. The third-order valence-electron chi connectivity index (χ3n) is 5.93. The van der Waals surface area contributed by atoms with E-state index in [0.29, 0.717) is 24.3 Å². The van der Waals surface area contributed by atoms with Crippen molar-refractivity contribution in [1.82, 2.24) is 10.2 Å². The summed E-state index contributed by atoms with van der Waals surface area (Å²) in [6.45, 7) is 9.10. The minimum absolute atomic E-state index is 0.195. The molecule has 1 aromatic carbocycles. The number of methoxy groups -OCH3 is 3. The van der Waals surface area contributed by atoms with Crippen LogP contribution in [0.1, 0.15) is 51.4 Å². The van der Waals surface area contributed by atoms with Crippen LogP contribution in [0, 0.1) is 5.92 Å². The van der Waals surface area contributed by atoms with Crippen molar-refractivity contribution in [2.75, 3.05) is 27.9 Å². The molecule has 5 atom stereocenters. The van der Waals surface area contributed by atoms with Gasteiger partial charge < -0.3 is 24.3 Å². The first-order valence-electron chi connectivity index (χ1n) is 11.5. The fourth-order valence-corrected chi connectivity index (χ4v) is 4.12. The quantitative estimate of drug-likeness (QED) is 0.544. The number of nitrogens with zero attached hydrogens (tertiary/aromatic N) is 1. The summed E-state index contributed by atoms with van der Waals surface area (Å²) in [5, 5.41) is 2.79. The van der Waals surface area contributed by atoms with Crippen LogP contribution in [0.2, 0.25) is 0 Å². The lowest BCUT2D eigenvalue weighted by atomic mass is 9.94. The lowest BCUT2D eigenvalue weighted by Crippen LogP contribution is -2.52. The van der Waals surface area contributed by atoms with E-state index in [9.17, 15) is 14.4 Å². The highest BCUT2D eigenvalue weighted by Crippen LogP contribution is 2.29. The van der Waals surface area contributed by atoms with Crippen molar-refractivity contribution in [2.45, 2.75) is 70.9 Å². The van der Waals surface area contributed by atoms with E-state index in [2.05, 4.69) is 5.32 Å². The van der Waals surface area contributed by atoms with Crippen LogP contribution in [-0.4, -0.2) is 80.5 Å². The number of hydrogen-bond donors (Lipinski definition) is 1. The highest BCUT2D eigenvalue weighted by atomic mass is 16.6. The maximum atomic E-state index is 13.1. The van der Waals surface area contributed by atoms with Crippen LogP contribution in [0.4, 0.5) is 4.79 Å². The zero-order chi connectivity index (χ0) is 25.6. The molecule has 1 aliphatic rings. The molecule has 0 aromatic heterocycles. The largest absolute Gasteiger partial charge is 0.497 e. The maximum Gasteiger partial charge on any atom is 0.410 e. The van der Waals surface area contributed by atoms with Crippen molar-refractivity contribution in [3.8, 4) is 5.75 Å². The first-order chi connectivity index (χ1) is 15.9. The number of Topliss-reactive ketones (excluding diaryl/α,β-unsaturated/α-hetero) is 1. The molecule has 0 aliphatic carbocycles. The van der Waals surface area contributed by atoms with Crippen LogP contribution in [0.3, 0.4) is 0 Å². The fourth-order valence-electron chi connectivity index (χ4n) is 4.12. The number of hydrogen-bond acceptors (Lipinski definition) is 7. The minimum Gasteiger partial charge on any atom is -0.497 e. The summed E-state index contributed by atoms with van der Waals surface area (Å²) < 4.78 is 21.9. The SMILES string of the molecule is COc1cccc(C(=O)[C@@H](C)NC(=O)[C@H](C)[C@@H](OC)[C@@H]2C[C@@H](OC)CN2C(=O)OC(C)(C)C)c1. The van der Waals surface area contributed by atoms with Gasteiger partial charge in [-0.05, 0) is 46.2 Å². The van der Waals surface area contributed by atoms with E-state index in [0.717, 1.165) is 0 Å². The van der Waals surface area contributed by atoms with Gasteiger partial charge in [-0.1, -0.05) is 19.1 Å². The molecule has 1 heterocycles. The van der Waals surface area contributed by atoms with Crippen molar-refractivity contribution in [1.29, 1.82) is 0 Å². The van der Waals surface area contributed by atoms with E-state index in [-0.39, 0.29) is 17.8 Å². The summed E-state index contributed by atoms with van der Waals surface area (Å²) in [6.07, 6.45) is -0.788. The highest BCUT2D eigenvalue weighted by molar-refractivity contribution is 6.02. The van der Waals surface area contributed by atoms with Crippen LogP contribution in [0.5, 0.6) is 5.75 Å². The van der Waals surface area contributed by atoms with Crippen LogP contribution >= 0.6 is 0 Å². The molecule has 1 saturated heterocycles. The maximum absolute atomic E-state index is 13.1. The molecule has 9 heteroatoms. The fraction of sp³-hybridized carbons (Fsp3) is 0.640. The Morgan fingerprint density at radius 3 is 2.35 bits per heavy atom. The Morgan fingerprint density at radius 1 is 1.12 bits per heavy atom. The standard InChI is InChI=1S/C25H38N2O7/c1-15(23(29)26-16(2)21(28)17-10-9-11-18(12-17)31-6)22(33-8)20-13-19(32-7)14-27(20)24(30)34-25(3,4)5/h9-12,15-16,19-20,22H,13-14H2,1-8H3,(H,26,29)/t15-,16-,19-,20+,22-/m1/s1. The van der Waals surface area contributed by atoms with E-state index in [1.807, 2.05) is 0 Å². The molecule has 0 radical (unpaired) electrons. The summed E-state index contributed by atoms with van der Waals surface area (Å²) in [5.41, 5.74) is -0.216. The molecule has 2 amide bonds. The predicted octanol–water partition coefficient (Wildman–Crippen LogP) is 3.06. The molecule has 34 heavy (non-hydrogen) atoms. The molecular formula is C25H38N2O7. The molecule has 1 fully saturated rings. The van der Waals surface area contributed by atoms with Crippen LogP contribution in [0.25, 0.3) is 0 Å². The minimum atomic E-state index is -0.753. The molecule has 9 nitrogen and oxygen atoms in total. The second-order valence-corrected chi connectivity index (χ2v) is 9.61. The zero-order valence-electron chi connectivity index (χ0n) is 21.4. The van der Waals surface area contributed by atoms with Crippen LogP contribution in [0.15, 0.2) is 24.3 Å². The molecular weight excluding hydrogens is 440 g/mol. The Bertz CT molecular complexity index is 867. The summed E-state index contributed by atoms with van der Waals surface area (Å²) in [4.78, 5) is 40.4. The average Bonchev–Trinajstić information content (AvgIpc) is 3.22. The van der Waals surface area contributed by atoms with E-state index in [4.69, 9.17) is 18.9 Å². The predicted molar refractivity (Wildman–Crippen MR) is 127 cm³/mol. The lowest BCUT2D eigenvalue weighted by Gasteiger charge is -2.34. The van der Waals surface area contributed by atoms with Gasteiger partial charge in [-0.15, -0.1) is 0 Å². The second kappa shape index (κ2) is 11.7. The van der Waals surface area contributed by atoms with E-state index in [1.54, 1.807) is 70.9 Å². The Labute approximate surface area is 202 Å². The normalized spacial score (nSPS) is 20.9. The number of nitrogens with one attached hydrogen (secondary N) is 1. The summed E-state index contributed by atoms with van der Waals surface area (Å²) in [5.74, 6) is -0.658. The van der Waals surface area contributed by atoms with Gasteiger partial charge in [-0.25, -0.2) is 4.79 Å². The Balaban J connectivity index is 2.13. The van der Waals surface area contributed by atoms with Crippen LogP contribution < -0.4 is 10.1 Å². The molecule has 1 aliphatic heterocycles. The zero-order valence-corrected chi connectivity index (χ0v) is 21.4. The molecule has 190 valence electrons. The van der Waals surface area contributed by atoms with Gasteiger partial charge in [0.15, 0.2) is 5.78 Å². The topological polar surface area (TPSA) is 103 Å². The first-order valence-corrected chi connectivity index (χ1v) is 11.5. The van der Waals surface area contributed by atoms with Gasteiger partial charge in [0.2, 0.25) is 5.91 Å². The van der Waals surface area contributed by atoms with Gasteiger partial charge in [0, 0.05) is 19.8 Å². The van der Waals surface area contributed by atoms with Gasteiger partial charge in [0.25, 0.3) is 0 Å². The number of rotatable bonds is 9. The van der Waals surface area contributed by atoms with E-state index in [1.165, 1.54) is 14.2 Å². The monoisotopic (exact) mass is 478 g/mol. The average molecular weight is 479 g/mol. The van der Waals surface area contributed by atoms with E-state index >= 15 is 0 Å². The van der Waals surface area contributed by atoms with Gasteiger partial charge in [0.05, 0.1) is 43.9 Å². The second-order valence-electron chi connectivity index (χ2n) is 9.61. The molecule has 0 unspecified atom stereocenters. The van der Waals surface area contributed by atoms with Gasteiger partial charge >= 0.3 is 6.09 Å². The van der Waals surface area contributed by atoms with Gasteiger partial charge in [-0.2, -0.15) is 0 Å². The number of likely N-dealkylation sites (tertiary alicyclic amines) is 1. The first kappa shape index (κ1) is 27.6. The molecule has 0 spiro atoms. The third-order valence-corrected chi connectivity index (χ3v) is 5.93. The van der Waals surface area contributed by atoms with Gasteiger partial charge in [-0.3, -0.25) is 14.5 Å². The number of carbonyl (C=O) groups excluding carboxylic acids is 3. The van der Waals surface area contributed by atoms with Gasteiger partial charge in [0.1, 0.15) is 11.4 Å². The molecule has 0 saturated carbocycles. The Kier molecular flexibility index (Phi) is 9.46. The summed E-state index contributed by atoms with van der Waals surface area (Å²) in [6, 6.07) is 5.61. The molecule has 1 N–H and O–H groups in total. The Hall–Kier alpha value is -2.65. The molecule has 2 rings (SSSR count). The summed E-state index contributed by atoms with van der Waals surface area (Å²) >= 11 is 0. The van der Waals surface area contributed by atoms with E-state index < -0.39 is 35.8 Å². The number of ketones is 1. The third kappa shape index (κ3) is 6.93. The van der Waals surface area contributed by atoms with Crippen molar-refractivity contribution in [2.24, 2.45) is 5.92 Å². The Morgan fingerprint density at radius 2 is 1.79 bits per heavy atom. The number of ether oxygens (including phenoxy) is 4. The lowest BCUT2D eigenvalue weighted by molar-refractivity contribution is -0.131. The van der Waals surface area contributed by atoms with Crippen molar-refractivity contribution < 1.29 is 33.3 Å². The number of benzene rings is 1. The van der Waals surface area contributed by atoms with Crippen molar-refractivity contribution >= 4 is 17.8 Å². The number of amides is 2. The van der Waals surface area contributed by atoms with Crippen molar-refractivity contribution in [3.63, 3.8) is 0 Å². The molecule has 0 bridgehead atoms. The summed E-state index contributed by atoms with van der Waals surface area (Å²) in [7, 11) is 4.62. The van der Waals surface area contributed by atoms with Crippen molar-refractivity contribution in [3.05, 3.63) is 29.8 Å².